The summed E-state index contributed by atoms with van der Waals surface area (Å²) in [6, 6.07) is 15.3. The maximum Gasteiger partial charge on any atom is 0.281 e. The van der Waals surface area contributed by atoms with Gasteiger partial charge in [0.15, 0.2) is 21.3 Å². The fourth-order valence-electron chi connectivity index (χ4n) is 5.03. The lowest BCUT2D eigenvalue weighted by Crippen LogP contribution is -2.36. The molecule has 9 nitrogen and oxygen atoms in total. The van der Waals surface area contributed by atoms with Crippen LogP contribution in [0.4, 0.5) is 5.13 Å². The third-order valence-electron chi connectivity index (χ3n) is 7.06. The highest BCUT2D eigenvalue weighted by atomic mass is 32.1. The first-order chi connectivity index (χ1) is 19.0. The molecule has 2 aromatic heterocycles. The molecule has 0 radical (unpaired) electrons. The fraction of sp³-hybridized carbons (Fsp3) is 0.379. The number of Topliss-reactive ketones (excluding diaryl/α,β-unsaturated/α-hetero) is 1. The van der Waals surface area contributed by atoms with E-state index in [0.717, 1.165) is 30.5 Å². The zero-order chi connectivity index (χ0) is 27.4. The number of ether oxygens (including phenoxy) is 3. The van der Waals surface area contributed by atoms with Crippen LogP contribution in [-0.2, 0) is 29.1 Å². The van der Waals surface area contributed by atoms with Gasteiger partial charge in [0.2, 0.25) is 0 Å². The Labute approximate surface area is 231 Å². The van der Waals surface area contributed by atoms with Crippen molar-refractivity contribution in [3.8, 4) is 11.5 Å². The molecular weight excluding hydrogens is 516 g/mol. The molecule has 1 fully saturated rings. The van der Waals surface area contributed by atoms with E-state index in [0.29, 0.717) is 45.6 Å². The van der Waals surface area contributed by atoms with Crippen LogP contribution < -0.4 is 19.9 Å². The van der Waals surface area contributed by atoms with Crippen molar-refractivity contribution >= 4 is 32.6 Å². The van der Waals surface area contributed by atoms with Crippen LogP contribution in [-0.4, -0.2) is 54.2 Å². The van der Waals surface area contributed by atoms with Crippen LogP contribution in [0.5, 0.6) is 11.5 Å². The molecule has 1 atom stereocenters. The number of thiazole rings is 1. The normalized spacial score (nSPS) is 15.2. The number of ketones is 1. The van der Waals surface area contributed by atoms with Crippen LogP contribution in [0, 0.1) is 0 Å². The minimum absolute atomic E-state index is 0.168. The van der Waals surface area contributed by atoms with E-state index in [2.05, 4.69) is 0 Å². The smallest absolute Gasteiger partial charge is 0.281 e. The van der Waals surface area contributed by atoms with E-state index in [1.807, 2.05) is 47.4 Å². The van der Waals surface area contributed by atoms with Crippen LogP contribution >= 0.6 is 11.3 Å². The number of methoxy groups -OCH3 is 3. The molecule has 3 heterocycles. The summed E-state index contributed by atoms with van der Waals surface area (Å²) in [6.07, 6.45) is 2.88. The summed E-state index contributed by atoms with van der Waals surface area (Å²) < 4.78 is 17.8. The van der Waals surface area contributed by atoms with Gasteiger partial charge in [-0.15, -0.1) is 0 Å². The topological polar surface area (TPSA) is 95.8 Å². The molecule has 0 N–H and O–H groups in total. The second kappa shape index (κ2) is 12.0. The number of hydrogen-bond acceptors (Lipinski definition) is 9. The lowest BCUT2D eigenvalue weighted by atomic mass is 10.0. The van der Waals surface area contributed by atoms with Crippen molar-refractivity contribution in [2.24, 2.45) is 0 Å². The summed E-state index contributed by atoms with van der Waals surface area (Å²) in [5.41, 5.74) is 2.00. The van der Waals surface area contributed by atoms with Gasteiger partial charge in [0.1, 0.15) is 23.9 Å². The van der Waals surface area contributed by atoms with E-state index in [1.54, 1.807) is 32.0 Å². The Morgan fingerprint density at radius 2 is 1.90 bits per heavy atom. The van der Waals surface area contributed by atoms with Crippen molar-refractivity contribution in [2.45, 2.75) is 44.9 Å². The summed E-state index contributed by atoms with van der Waals surface area (Å²) in [4.78, 5) is 39.0. The van der Waals surface area contributed by atoms with Crippen molar-refractivity contribution in [1.82, 2.24) is 14.5 Å². The van der Waals surface area contributed by atoms with E-state index < -0.39 is 0 Å². The second-order valence-electron chi connectivity index (χ2n) is 9.48. The first-order valence-corrected chi connectivity index (χ1v) is 13.8. The zero-order valence-corrected chi connectivity index (χ0v) is 23.2. The highest BCUT2D eigenvalue weighted by Gasteiger charge is 2.33. The standard InChI is InChI=1S/C29H32N4O5S/c1-36-18-25-30-27-26(28(35)33(25)17-20-12-13-21(37-2)16-24(20)38-3)31-29(39-27)32-15-7-10-22(32)23(34)14-11-19-8-5-4-6-9-19/h4-6,8-9,12-13,16,22H,7,10-11,14-15,17-18H2,1-3H3/t22-/m1/s1. The van der Waals surface area contributed by atoms with Crippen molar-refractivity contribution in [3.05, 3.63) is 75.8 Å². The van der Waals surface area contributed by atoms with Gasteiger partial charge in [-0.05, 0) is 37.0 Å². The van der Waals surface area contributed by atoms with Crippen LogP contribution in [0.2, 0.25) is 0 Å². The Bertz CT molecular complexity index is 1520. The predicted molar refractivity (Wildman–Crippen MR) is 151 cm³/mol. The maximum absolute atomic E-state index is 13.7. The SMILES string of the molecule is COCc1nc2sc(N3CCC[C@@H]3C(=O)CCc3ccccc3)nc2c(=O)n1Cc1ccc(OC)cc1OC. The van der Waals surface area contributed by atoms with Gasteiger partial charge >= 0.3 is 0 Å². The number of rotatable bonds is 11. The molecule has 0 unspecified atom stereocenters. The van der Waals surface area contributed by atoms with Gasteiger partial charge in [-0.2, -0.15) is 0 Å². The third kappa shape index (κ3) is 5.67. The number of aryl methyl sites for hydroxylation is 1. The van der Waals surface area contributed by atoms with Gasteiger partial charge in [-0.1, -0.05) is 41.7 Å². The van der Waals surface area contributed by atoms with Crippen molar-refractivity contribution < 1.29 is 19.0 Å². The molecule has 0 saturated carbocycles. The Hall–Kier alpha value is -3.76. The molecule has 1 saturated heterocycles. The monoisotopic (exact) mass is 548 g/mol. The maximum atomic E-state index is 13.7. The highest BCUT2D eigenvalue weighted by molar-refractivity contribution is 7.21. The number of nitrogens with zero attached hydrogens (tertiary/aromatic N) is 4. The molecule has 1 aliphatic heterocycles. The van der Waals surface area contributed by atoms with Gasteiger partial charge in [-0.25, -0.2) is 9.97 Å². The van der Waals surface area contributed by atoms with Crippen LogP contribution in [0.25, 0.3) is 10.3 Å². The molecule has 204 valence electrons. The molecule has 0 spiro atoms. The minimum Gasteiger partial charge on any atom is -0.497 e. The molecule has 10 heteroatoms. The molecule has 0 bridgehead atoms. The van der Waals surface area contributed by atoms with Crippen LogP contribution in [0.1, 0.15) is 36.2 Å². The van der Waals surface area contributed by atoms with Crippen molar-refractivity contribution in [3.63, 3.8) is 0 Å². The number of aromatic nitrogens is 3. The number of anilines is 1. The van der Waals surface area contributed by atoms with Crippen molar-refractivity contribution in [1.29, 1.82) is 0 Å². The molecule has 0 amide bonds. The van der Waals surface area contributed by atoms with E-state index in [4.69, 9.17) is 24.2 Å². The van der Waals surface area contributed by atoms with E-state index in [1.165, 1.54) is 11.3 Å². The number of carbonyl (C=O) groups excluding carboxylic acids is 1. The van der Waals surface area contributed by atoms with Gasteiger partial charge in [0.25, 0.3) is 5.56 Å². The average Bonchev–Trinajstić information content (AvgIpc) is 3.62. The van der Waals surface area contributed by atoms with E-state index >= 15 is 0 Å². The molecule has 4 aromatic rings. The number of carbonyl (C=O) groups is 1. The molecular formula is C29H32N4O5S. The van der Waals surface area contributed by atoms with Crippen molar-refractivity contribution in [2.75, 3.05) is 32.8 Å². The lowest BCUT2D eigenvalue weighted by Gasteiger charge is -2.22. The summed E-state index contributed by atoms with van der Waals surface area (Å²) >= 11 is 1.35. The molecule has 1 aliphatic rings. The quantitative estimate of drug-likeness (QED) is 0.275. The molecule has 2 aromatic carbocycles. The average molecular weight is 549 g/mol. The number of benzene rings is 2. The molecule has 5 rings (SSSR count). The summed E-state index contributed by atoms with van der Waals surface area (Å²) in [5, 5.41) is 0.660. The second-order valence-corrected chi connectivity index (χ2v) is 10.4. The number of hydrogen-bond donors (Lipinski definition) is 0. The van der Waals surface area contributed by atoms with Gasteiger partial charge < -0.3 is 19.1 Å². The Morgan fingerprint density at radius 1 is 1.08 bits per heavy atom. The largest absolute Gasteiger partial charge is 0.497 e. The summed E-state index contributed by atoms with van der Waals surface area (Å²) in [5.74, 6) is 1.97. The van der Waals surface area contributed by atoms with E-state index in [-0.39, 0.29) is 30.5 Å². The molecule has 0 aliphatic carbocycles. The number of fused-ring (bicyclic) bond motifs is 1. The summed E-state index contributed by atoms with van der Waals surface area (Å²) in [7, 11) is 4.75. The van der Waals surface area contributed by atoms with Crippen LogP contribution in [0.3, 0.4) is 0 Å². The lowest BCUT2D eigenvalue weighted by molar-refractivity contribution is -0.120. The van der Waals surface area contributed by atoms with Crippen LogP contribution in [0.15, 0.2) is 53.3 Å². The third-order valence-corrected chi connectivity index (χ3v) is 8.04. The zero-order valence-electron chi connectivity index (χ0n) is 22.4. The minimum atomic E-state index is -0.251. The van der Waals surface area contributed by atoms with Gasteiger partial charge in [0, 0.05) is 31.7 Å². The highest BCUT2D eigenvalue weighted by Crippen LogP contribution is 2.33. The fourth-order valence-corrected chi connectivity index (χ4v) is 6.05. The van der Waals surface area contributed by atoms with Gasteiger partial charge in [-0.3, -0.25) is 14.2 Å². The first-order valence-electron chi connectivity index (χ1n) is 13.0. The van der Waals surface area contributed by atoms with Gasteiger partial charge in [0.05, 0.1) is 26.8 Å². The van der Waals surface area contributed by atoms with E-state index in [9.17, 15) is 9.59 Å². The Morgan fingerprint density at radius 3 is 2.64 bits per heavy atom. The molecule has 39 heavy (non-hydrogen) atoms. The Kier molecular flexibility index (Phi) is 8.23. The first kappa shape index (κ1) is 26.8. The Balaban J connectivity index is 1.44. The summed E-state index contributed by atoms with van der Waals surface area (Å²) in [6.45, 7) is 1.13. The predicted octanol–water partition coefficient (Wildman–Crippen LogP) is 4.24.